The number of nitrogens with two attached hydrogens (primary N) is 1. The number of allylic oxidation sites excluding steroid dienone is 4. The number of benzene rings is 1. The summed E-state index contributed by atoms with van der Waals surface area (Å²) in [5.74, 6) is 1.29. The minimum atomic E-state index is 0.641. The van der Waals surface area contributed by atoms with Crippen molar-refractivity contribution in [3.8, 4) is 0 Å². The summed E-state index contributed by atoms with van der Waals surface area (Å²) in [5.41, 5.74) is 13.9. The van der Waals surface area contributed by atoms with Crippen molar-refractivity contribution in [2.75, 3.05) is 5.73 Å². The van der Waals surface area contributed by atoms with E-state index >= 15 is 0 Å². The van der Waals surface area contributed by atoms with Crippen LogP contribution in [0.25, 0.3) is 16.5 Å². The molecule has 0 saturated carbocycles. The third-order valence-electron chi connectivity index (χ3n) is 5.66. The van der Waals surface area contributed by atoms with Gasteiger partial charge in [0.2, 0.25) is 0 Å². The Labute approximate surface area is 132 Å². The van der Waals surface area contributed by atoms with Gasteiger partial charge in [-0.15, -0.1) is 0 Å². The van der Waals surface area contributed by atoms with E-state index < -0.39 is 0 Å². The van der Waals surface area contributed by atoms with Gasteiger partial charge in [-0.3, -0.25) is 0 Å². The minimum Gasteiger partial charge on any atom is -0.399 e. The number of anilines is 1. The molecule has 0 radical (unpaired) electrons. The highest BCUT2D eigenvalue weighted by molar-refractivity contribution is 5.92. The molecule has 2 aromatic rings. The Morgan fingerprint density at radius 2 is 2.05 bits per heavy atom. The van der Waals surface area contributed by atoms with Crippen molar-refractivity contribution in [3.05, 3.63) is 47.2 Å². The van der Waals surface area contributed by atoms with Crippen molar-refractivity contribution in [2.45, 2.75) is 39.5 Å². The molecule has 0 saturated heterocycles. The summed E-state index contributed by atoms with van der Waals surface area (Å²) in [4.78, 5) is 3.69. The van der Waals surface area contributed by atoms with E-state index in [9.17, 15) is 0 Å². The number of rotatable bonds is 0. The fourth-order valence-corrected chi connectivity index (χ4v) is 4.19. The van der Waals surface area contributed by atoms with Crippen LogP contribution in [-0.2, 0) is 6.42 Å². The minimum absolute atomic E-state index is 0.641. The lowest BCUT2D eigenvalue weighted by atomic mass is 9.73. The Kier molecular flexibility index (Phi) is 3.14. The van der Waals surface area contributed by atoms with Crippen LogP contribution in [0.15, 0.2) is 35.9 Å². The van der Waals surface area contributed by atoms with Crippen LogP contribution in [0.4, 0.5) is 5.69 Å². The summed E-state index contributed by atoms with van der Waals surface area (Å²) in [6.07, 6.45) is 9.70. The Bertz CT molecular complexity index is 791. The molecule has 3 N–H and O–H groups in total. The smallest absolute Gasteiger partial charge is 0.0463 e. The molecular weight excluding hydrogens is 268 g/mol. The first-order valence-electron chi connectivity index (χ1n) is 8.44. The number of hydrogen-bond donors (Lipinski definition) is 2. The standard InChI is InChI=1S/C20H24N2/c1-12-7-9-17-15(13(12)2)5-3-4-6-16-18-11-14(21)8-10-19(18)22-20(16)17/h7-11,13,15,22H,3-6,21H2,1-2H3. The van der Waals surface area contributed by atoms with E-state index in [1.54, 1.807) is 0 Å². The molecule has 0 fully saturated rings. The van der Waals surface area contributed by atoms with E-state index in [2.05, 4.69) is 43.1 Å². The second-order valence-corrected chi connectivity index (χ2v) is 6.96. The normalized spacial score (nSPS) is 24.8. The van der Waals surface area contributed by atoms with Crippen molar-refractivity contribution < 1.29 is 0 Å². The molecule has 2 atom stereocenters. The average molecular weight is 292 g/mol. The maximum atomic E-state index is 6.02. The third kappa shape index (κ3) is 2.01. The van der Waals surface area contributed by atoms with Crippen LogP contribution in [0.5, 0.6) is 0 Å². The summed E-state index contributed by atoms with van der Waals surface area (Å²) in [6.45, 7) is 4.65. The lowest BCUT2D eigenvalue weighted by Crippen LogP contribution is -2.20. The van der Waals surface area contributed by atoms with Gasteiger partial charge in [0.1, 0.15) is 0 Å². The van der Waals surface area contributed by atoms with Gasteiger partial charge < -0.3 is 10.7 Å². The van der Waals surface area contributed by atoms with Gasteiger partial charge in [0.25, 0.3) is 0 Å². The Morgan fingerprint density at radius 1 is 1.18 bits per heavy atom. The number of nitrogen functional groups attached to an aromatic ring is 1. The molecule has 0 spiro atoms. The van der Waals surface area contributed by atoms with Gasteiger partial charge in [-0.2, -0.15) is 0 Å². The summed E-state index contributed by atoms with van der Waals surface area (Å²) >= 11 is 0. The van der Waals surface area contributed by atoms with Gasteiger partial charge in [-0.25, -0.2) is 0 Å². The molecule has 2 aliphatic carbocycles. The van der Waals surface area contributed by atoms with Crippen molar-refractivity contribution in [1.82, 2.24) is 4.98 Å². The molecule has 22 heavy (non-hydrogen) atoms. The molecule has 114 valence electrons. The summed E-state index contributed by atoms with van der Waals surface area (Å²) in [7, 11) is 0. The third-order valence-corrected chi connectivity index (χ3v) is 5.66. The van der Waals surface area contributed by atoms with Gasteiger partial charge in [0, 0.05) is 22.3 Å². The molecular formula is C20H24N2. The predicted molar refractivity (Wildman–Crippen MR) is 94.7 cm³/mol. The Balaban J connectivity index is 1.96. The van der Waals surface area contributed by atoms with E-state index in [4.69, 9.17) is 5.73 Å². The molecule has 4 rings (SSSR count). The second-order valence-electron chi connectivity index (χ2n) is 6.96. The van der Waals surface area contributed by atoms with Gasteiger partial charge in [-0.05, 0) is 67.4 Å². The number of fused-ring (bicyclic) bond motifs is 5. The maximum Gasteiger partial charge on any atom is 0.0463 e. The number of aromatic nitrogens is 1. The first kappa shape index (κ1) is 13.7. The van der Waals surface area contributed by atoms with Crippen LogP contribution in [0, 0.1) is 11.8 Å². The molecule has 1 aromatic carbocycles. The second kappa shape index (κ2) is 5.05. The van der Waals surface area contributed by atoms with Crippen LogP contribution >= 0.6 is 0 Å². The topological polar surface area (TPSA) is 41.8 Å². The summed E-state index contributed by atoms with van der Waals surface area (Å²) < 4.78 is 0. The Morgan fingerprint density at radius 3 is 2.91 bits per heavy atom. The molecule has 2 nitrogen and oxygen atoms in total. The first-order valence-corrected chi connectivity index (χ1v) is 8.44. The van der Waals surface area contributed by atoms with Gasteiger partial charge >= 0.3 is 0 Å². The lowest BCUT2D eigenvalue weighted by molar-refractivity contribution is 0.439. The first-order chi connectivity index (χ1) is 10.6. The van der Waals surface area contributed by atoms with E-state index in [1.807, 2.05) is 6.07 Å². The number of H-pyrrole nitrogens is 1. The highest BCUT2D eigenvalue weighted by Crippen LogP contribution is 2.43. The predicted octanol–water partition coefficient (Wildman–Crippen LogP) is 5.07. The highest BCUT2D eigenvalue weighted by Gasteiger charge is 2.30. The number of nitrogens with one attached hydrogen (secondary N) is 1. The largest absolute Gasteiger partial charge is 0.399 e. The molecule has 0 amide bonds. The molecule has 0 bridgehead atoms. The zero-order valence-corrected chi connectivity index (χ0v) is 13.4. The van der Waals surface area contributed by atoms with E-state index in [0.29, 0.717) is 11.8 Å². The molecule has 2 aliphatic rings. The van der Waals surface area contributed by atoms with E-state index in [-0.39, 0.29) is 0 Å². The van der Waals surface area contributed by atoms with Gasteiger partial charge in [0.15, 0.2) is 0 Å². The van der Waals surface area contributed by atoms with Gasteiger partial charge in [-0.1, -0.05) is 31.1 Å². The summed E-state index contributed by atoms with van der Waals surface area (Å²) in [6, 6.07) is 6.25. The van der Waals surface area contributed by atoms with Crippen LogP contribution in [0.1, 0.15) is 44.4 Å². The van der Waals surface area contributed by atoms with Gasteiger partial charge in [0.05, 0.1) is 0 Å². The number of aromatic amines is 1. The molecule has 2 heteroatoms. The molecule has 2 unspecified atom stereocenters. The van der Waals surface area contributed by atoms with Crippen LogP contribution in [0.2, 0.25) is 0 Å². The molecule has 0 aliphatic heterocycles. The quantitative estimate of drug-likeness (QED) is 0.654. The fourth-order valence-electron chi connectivity index (χ4n) is 4.19. The van der Waals surface area contributed by atoms with Crippen molar-refractivity contribution in [1.29, 1.82) is 0 Å². The SMILES string of the molecule is CC1=CC=C2c3[nH]c4ccc(N)cc4c3CCCCC2C1C. The molecule has 1 heterocycles. The van der Waals surface area contributed by atoms with Crippen molar-refractivity contribution >= 4 is 22.2 Å². The zero-order valence-electron chi connectivity index (χ0n) is 13.4. The lowest BCUT2D eigenvalue weighted by Gasteiger charge is -2.32. The van der Waals surface area contributed by atoms with Crippen molar-refractivity contribution in [3.63, 3.8) is 0 Å². The van der Waals surface area contributed by atoms with Crippen LogP contribution < -0.4 is 5.73 Å². The fraction of sp³-hybridized carbons (Fsp3) is 0.400. The highest BCUT2D eigenvalue weighted by atomic mass is 14.7. The summed E-state index contributed by atoms with van der Waals surface area (Å²) in [5, 5.41) is 1.32. The van der Waals surface area contributed by atoms with E-state index in [0.717, 1.165) is 12.1 Å². The number of hydrogen-bond acceptors (Lipinski definition) is 1. The average Bonchev–Trinajstić information content (AvgIpc) is 2.82. The van der Waals surface area contributed by atoms with Crippen LogP contribution in [0.3, 0.4) is 0 Å². The zero-order chi connectivity index (χ0) is 15.3. The van der Waals surface area contributed by atoms with E-state index in [1.165, 1.54) is 52.6 Å². The molecule has 1 aromatic heterocycles. The van der Waals surface area contributed by atoms with Crippen LogP contribution in [-0.4, -0.2) is 4.98 Å². The Hall–Kier alpha value is -1.96. The van der Waals surface area contributed by atoms with Crippen molar-refractivity contribution in [2.24, 2.45) is 11.8 Å². The maximum absolute atomic E-state index is 6.02. The monoisotopic (exact) mass is 292 g/mol. The number of aryl methyl sites for hydroxylation is 1.